The van der Waals surface area contributed by atoms with Crippen molar-refractivity contribution in [3.05, 3.63) is 70.3 Å². The number of nitrogens with one attached hydrogen (secondary N) is 1. The van der Waals surface area contributed by atoms with Gasteiger partial charge in [0, 0.05) is 12.6 Å². The van der Waals surface area contributed by atoms with Crippen LogP contribution in [0.1, 0.15) is 40.8 Å². The lowest BCUT2D eigenvalue weighted by Crippen LogP contribution is -2.20. The average Bonchev–Trinajstić information content (AvgIpc) is 2.36. The van der Waals surface area contributed by atoms with Crippen molar-refractivity contribution in [1.82, 2.24) is 5.32 Å². The number of aryl methyl sites for hydroxylation is 3. The molecule has 1 N–H and O–H groups in total. The largest absolute Gasteiger partial charge is 0.306 e. The van der Waals surface area contributed by atoms with Gasteiger partial charge in [-0.3, -0.25) is 0 Å². The first-order valence-corrected chi connectivity index (χ1v) is 6.93. The van der Waals surface area contributed by atoms with Crippen LogP contribution in [-0.4, -0.2) is 0 Å². The SMILES string of the molecule is Cc1cc(C)c(C(C)NCc2ccccc2)c(C)c1. The predicted molar refractivity (Wildman–Crippen MR) is 82.3 cm³/mol. The zero-order valence-corrected chi connectivity index (χ0v) is 12.3. The molecule has 0 bridgehead atoms. The number of rotatable bonds is 4. The van der Waals surface area contributed by atoms with Crippen LogP contribution < -0.4 is 5.32 Å². The number of benzene rings is 2. The Kier molecular flexibility index (Phi) is 4.39. The molecule has 0 spiro atoms. The van der Waals surface area contributed by atoms with E-state index in [1.807, 2.05) is 0 Å². The maximum absolute atomic E-state index is 3.62. The van der Waals surface area contributed by atoms with E-state index in [9.17, 15) is 0 Å². The molecular weight excluding hydrogens is 230 g/mol. The summed E-state index contributed by atoms with van der Waals surface area (Å²) in [6.07, 6.45) is 0. The summed E-state index contributed by atoms with van der Waals surface area (Å²) in [5.74, 6) is 0. The second-order valence-electron chi connectivity index (χ2n) is 5.40. The first-order valence-electron chi connectivity index (χ1n) is 6.93. The van der Waals surface area contributed by atoms with E-state index in [4.69, 9.17) is 0 Å². The van der Waals surface area contributed by atoms with Gasteiger partial charge in [-0.25, -0.2) is 0 Å². The molecule has 0 saturated heterocycles. The van der Waals surface area contributed by atoms with Crippen LogP contribution in [0.2, 0.25) is 0 Å². The van der Waals surface area contributed by atoms with Crippen LogP contribution >= 0.6 is 0 Å². The van der Waals surface area contributed by atoms with E-state index in [-0.39, 0.29) is 0 Å². The maximum Gasteiger partial charge on any atom is 0.0300 e. The van der Waals surface area contributed by atoms with Crippen molar-refractivity contribution in [3.63, 3.8) is 0 Å². The van der Waals surface area contributed by atoms with Gasteiger partial charge in [0.25, 0.3) is 0 Å². The molecule has 0 amide bonds. The average molecular weight is 253 g/mol. The summed E-state index contributed by atoms with van der Waals surface area (Å²) in [7, 11) is 0. The number of hydrogen-bond donors (Lipinski definition) is 1. The maximum atomic E-state index is 3.62. The summed E-state index contributed by atoms with van der Waals surface area (Å²) in [5.41, 5.74) is 6.86. The lowest BCUT2D eigenvalue weighted by Gasteiger charge is -2.20. The van der Waals surface area contributed by atoms with Crippen LogP contribution in [0.4, 0.5) is 0 Å². The molecule has 0 heterocycles. The van der Waals surface area contributed by atoms with Gasteiger partial charge in [0.2, 0.25) is 0 Å². The van der Waals surface area contributed by atoms with E-state index in [1.54, 1.807) is 0 Å². The molecule has 1 nitrogen and oxygen atoms in total. The van der Waals surface area contributed by atoms with Gasteiger partial charge in [-0.1, -0.05) is 48.0 Å². The Bertz CT molecular complexity index is 520. The minimum atomic E-state index is 0.376. The molecule has 100 valence electrons. The molecule has 1 unspecified atom stereocenters. The third-order valence-corrected chi connectivity index (χ3v) is 3.63. The lowest BCUT2D eigenvalue weighted by atomic mass is 9.95. The molecule has 19 heavy (non-hydrogen) atoms. The second kappa shape index (κ2) is 6.03. The highest BCUT2D eigenvalue weighted by molar-refractivity contribution is 5.39. The summed E-state index contributed by atoms with van der Waals surface area (Å²) in [5, 5.41) is 3.62. The number of hydrogen-bond acceptors (Lipinski definition) is 1. The van der Waals surface area contributed by atoms with E-state index >= 15 is 0 Å². The van der Waals surface area contributed by atoms with Gasteiger partial charge in [-0.2, -0.15) is 0 Å². The minimum Gasteiger partial charge on any atom is -0.306 e. The molecular formula is C18H23N. The fraction of sp³-hybridized carbons (Fsp3) is 0.333. The van der Waals surface area contributed by atoms with Crippen LogP contribution in [0.5, 0.6) is 0 Å². The van der Waals surface area contributed by atoms with Gasteiger partial charge in [0.15, 0.2) is 0 Å². The van der Waals surface area contributed by atoms with Gasteiger partial charge in [-0.15, -0.1) is 0 Å². The molecule has 2 aromatic rings. The molecule has 1 atom stereocenters. The van der Waals surface area contributed by atoms with Crippen molar-refractivity contribution in [1.29, 1.82) is 0 Å². The molecule has 0 fully saturated rings. The normalized spacial score (nSPS) is 12.4. The second-order valence-corrected chi connectivity index (χ2v) is 5.40. The van der Waals surface area contributed by atoms with Gasteiger partial charge in [-0.05, 0) is 49.9 Å². The third-order valence-electron chi connectivity index (χ3n) is 3.63. The highest BCUT2D eigenvalue weighted by Crippen LogP contribution is 2.23. The molecule has 0 radical (unpaired) electrons. The van der Waals surface area contributed by atoms with Crippen molar-refractivity contribution >= 4 is 0 Å². The fourth-order valence-corrected chi connectivity index (χ4v) is 2.84. The van der Waals surface area contributed by atoms with E-state index in [1.165, 1.54) is 27.8 Å². The van der Waals surface area contributed by atoms with Gasteiger partial charge >= 0.3 is 0 Å². The van der Waals surface area contributed by atoms with Crippen molar-refractivity contribution in [3.8, 4) is 0 Å². The highest BCUT2D eigenvalue weighted by atomic mass is 14.9. The molecule has 0 aliphatic heterocycles. The predicted octanol–water partition coefficient (Wildman–Crippen LogP) is 4.46. The molecule has 2 aromatic carbocycles. The quantitative estimate of drug-likeness (QED) is 0.848. The zero-order chi connectivity index (χ0) is 13.8. The van der Waals surface area contributed by atoms with Crippen molar-refractivity contribution in [2.75, 3.05) is 0 Å². The molecule has 1 heteroatoms. The summed E-state index contributed by atoms with van der Waals surface area (Å²) in [4.78, 5) is 0. The lowest BCUT2D eigenvalue weighted by molar-refractivity contribution is 0.569. The van der Waals surface area contributed by atoms with Gasteiger partial charge in [0.1, 0.15) is 0 Å². The van der Waals surface area contributed by atoms with Crippen molar-refractivity contribution in [2.24, 2.45) is 0 Å². The Hall–Kier alpha value is -1.60. The molecule has 0 aliphatic rings. The van der Waals surface area contributed by atoms with Crippen LogP contribution in [0, 0.1) is 20.8 Å². The fourth-order valence-electron chi connectivity index (χ4n) is 2.84. The van der Waals surface area contributed by atoms with E-state index in [2.05, 4.69) is 75.5 Å². The summed E-state index contributed by atoms with van der Waals surface area (Å²) in [6, 6.07) is 15.5. The minimum absolute atomic E-state index is 0.376. The Labute approximate surface area is 116 Å². The van der Waals surface area contributed by atoms with Gasteiger partial charge in [0.05, 0.1) is 0 Å². The standard InChI is InChI=1S/C18H23N/c1-13-10-14(2)18(15(3)11-13)16(4)19-12-17-8-6-5-7-9-17/h5-11,16,19H,12H2,1-4H3. The van der Waals surface area contributed by atoms with Crippen LogP contribution in [-0.2, 0) is 6.54 Å². The van der Waals surface area contributed by atoms with Crippen molar-refractivity contribution in [2.45, 2.75) is 40.3 Å². The smallest absolute Gasteiger partial charge is 0.0300 e. The van der Waals surface area contributed by atoms with E-state index in [0.717, 1.165) is 6.54 Å². The van der Waals surface area contributed by atoms with Gasteiger partial charge < -0.3 is 5.32 Å². The summed E-state index contributed by atoms with van der Waals surface area (Å²) in [6.45, 7) is 9.72. The third kappa shape index (κ3) is 3.45. The molecule has 0 aliphatic carbocycles. The molecule has 0 saturated carbocycles. The Morgan fingerprint density at radius 3 is 2.11 bits per heavy atom. The Morgan fingerprint density at radius 2 is 1.53 bits per heavy atom. The Morgan fingerprint density at radius 1 is 0.947 bits per heavy atom. The molecule has 0 aromatic heterocycles. The highest BCUT2D eigenvalue weighted by Gasteiger charge is 2.11. The van der Waals surface area contributed by atoms with Crippen molar-refractivity contribution < 1.29 is 0 Å². The van der Waals surface area contributed by atoms with Crippen LogP contribution in [0.25, 0.3) is 0 Å². The van der Waals surface area contributed by atoms with E-state index in [0.29, 0.717) is 6.04 Å². The molecule has 2 rings (SSSR count). The Balaban J connectivity index is 2.10. The summed E-state index contributed by atoms with van der Waals surface area (Å²) >= 11 is 0. The van der Waals surface area contributed by atoms with E-state index < -0.39 is 0 Å². The first kappa shape index (κ1) is 13.8. The van der Waals surface area contributed by atoms with Crippen LogP contribution in [0.3, 0.4) is 0 Å². The topological polar surface area (TPSA) is 12.0 Å². The monoisotopic (exact) mass is 253 g/mol. The summed E-state index contributed by atoms with van der Waals surface area (Å²) < 4.78 is 0. The van der Waals surface area contributed by atoms with Crippen LogP contribution in [0.15, 0.2) is 42.5 Å². The first-order chi connectivity index (χ1) is 9.08. The zero-order valence-electron chi connectivity index (χ0n) is 12.3.